The van der Waals surface area contributed by atoms with Gasteiger partial charge in [-0.25, -0.2) is 0 Å². The third-order valence-corrected chi connectivity index (χ3v) is 3.83. The molecule has 0 N–H and O–H groups in total. The molecule has 2 rings (SSSR count). The number of carbonyl (C=O) groups excluding carboxylic acids is 1. The highest BCUT2D eigenvalue weighted by Gasteiger charge is 2.30. The molecule has 0 radical (unpaired) electrons. The molecule has 1 unspecified atom stereocenters. The SMILES string of the molecule is COc1cccc(OC)c1CN1CC(CCl)CC1=O. The zero-order valence-electron chi connectivity index (χ0n) is 11.2. The lowest BCUT2D eigenvalue weighted by Gasteiger charge is -2.20. The topological polar surface area (TPSA) is 38.8 Å². The van der Waals surface area contributed by atoms with E-state index in [1.807, 2.05) is 23.1 Å². The van der Waals surface area contributed by atoms with E-state index in [4.69, 9.17) is 21.1 Å². The fourth-order valence-corrected chi connectivity index (χ4v) is 2.59. The van der Waals surface area contributed by atoms with E-state index in [9.17, 15) is 4.79 Å². The van der Waals surface area contributed by atoms with Gasteiger partial charge >= 0.3 is 0 Å². The standard InChI is InChI=1S/C14H18ClNO3/c1-18-12-4-3-5-13(19-2)11(12)9-16-8-10(7-15)6-14(16)17/h3-5,10H,6-9H2,1-2H3. The monoisotopic (exact) mass is 283 g/mol. The zero-order valence-corrected chi connectivity index (χ0v) is 11.9. The summed E-state index contributed by atoms with van der Waals surface area (Å²) < 4.78 is 10.7. The lowest BCUT2D eigenvalue weighted by molar-refractivity contribution is -0.128. The van der Waals surface area contributed by atoms with E-state index < -0.39 is 0 Å². The molecule has 1 atom stereocenters. The minimum Gasteiger partial charge on any atom is -0.496 e. The molecule has 1 amide bonds. The Bertz CT molecular complexity index is 442. The van der Waals surface area contributed by atoms with Crippen molar-refractivity contribution in [2.45, 2.75) is 13.0 Å². The zero-order chi connectivity index (χ0) is 13.8. The Morgan fingerprint density at radius 1 is 1.32 bits per heavy atom. The maximum absolute atomic E-state index is 11.9. The second-order valence-corrected chi connectivity index (χ2v) is 4.95. The number of benzene rings is 1. The van der Waals surface area contributed by atoms with Gasteiger partial charge in [0.05, 0.1) is 26.3 Å². The molecule has 5 heteroatoms. The van der Waals surface area contributed by atoms with Crippen LogP contribution in [-0.4, -0.2) is 37.5 Å². The lowest BCUT2D eigenvalue weighted by Crippen LogP contribution is -2.25. The molecule has 0 aliphatic carbocycles. The van der Waals surface area contributed by atoms with Crippen molar-refractivity contribution in [2.75, 3.05) is 26.6 Å². The summed E-state index contributed by atoms with van der Waals surface area (Å²) in [6.45, 7) is 1.20. The molecule has 0 bridgehead atoms. The minimum atomic E-state index is 0.138. The molecule has 1 aromatic rings. The molecule has 1 heterocycles. The quantitative estimate of drug-likeness (QED) is 0.778. The van der Waals surface area contributed by atoms with Crippen LogP contribution in [0, 0.1) is 5.92 Å². The van der Waals surface area contributed by atoms with Gasteiger partial charge in [-0.3, -0.25) is 4.79 Å². The van der Waals surface area contributed by atoms with E-state index in [1.165, 1.54) is 0 Å². The number of alkyl halides is 1. The Hall–Kier alpha value is -1.42. The van der Waals surface area contributed by atoms with E-state index in [0.717, 1.165) is 17.1 Å². The Morgan fingerprint density at radius 2 is 1.95 bits per heavy atom. The van der Waals surface area contributed by atoms with Gasteiger partial charge in [-0.15, -0.1) is 11.6 Å². The number of carbonyl (C=O) groups is 1. The summed E-state index contributed by atoms with van der Waals surface area (Å²) in [6, 6.07) is 5.61. The summed E-state index contributed by atoms with van der Waals surface area (Å²) >= 11 is 5.83. The Labute approximate surface area is 118 Å². The molecule has 0 spiro atoms. The third-order valence-electron chi connectivity index (χ3n) is 3.39. The summed E-state index contributed by atoms with van der Waals surface area (Å²) in [4.78, 5) is 13.7. The molecule has 0 aromatic heterocycles. The summed E-state index contributed by atoms with van der Waals surface area (Å²) in [5.74, 6) is 2.38. The first-order valence-electron chi connectivity index (χ1n) is 6.23. The van der Waals surface area contributed by atoms with Gasteiger partial charge in [-0.1, -0.05) is 6.07 Å². The molecule has 1 saturated heterocycles. The first-order valence-corrected chi connectivity index (χ1v) is 6.76. The highest BCUT2D eigenvalue weighted by molar-refractivity contribution is 6.18. The van der Waals surface area contributed by atoms with Crippen molar-refractivity contribution in [1.82, 2.24) is 4.90 Å². The van der Waals surface area contributed by atoms with Gasteiger partial charge in [0.2, 0.25) is 5.91 Å². The average Bonchev–Trinajstić information content (AvgIpc) is 2.79. The minimum absolute atomic E-state index is 0.138. The van der Waals surface area contributed by atoms with Crippen molar-refractivity contribution in [3.8, 4) is 11.5 Å². The van der Waals surface area contributed by atoms with Crippen LogP contribution in [0.15, 0.2) is 18.2 Å². The largest absolute Gasteiger partial charge is 0.496 e. The number of rotatable bonds is 5. The van der Waals surface area contributed by atoms with Crippen LogP contribution >= 0.6 is 11.6 Å². The van der Waals surface area contributed by atoms with Crippen LogP contribution in [0.2, 0.25) is 0 Å². The van der Waals surface area contributed by atoms with Crippen LogP contribution in [-0.2, 0) is 11.3 Å². The van der Waals surface area contributed by atoms with E-state index in [0.29, 0.717) is 25.4 Å². The highest BCUT2D eigenvalue weighted by Crippen LogP contribution is 2.31. The normalized spacial score (nSPS) is 18.8. The van der Waals surface area contributed by atoms with Crippen LogP contribution in [0.3, 0.4) is 0 Å². The fourth-order valence-electron chi connectivity index (χ4n) is 2.38. The third kappa shape index (κ3) is 2.95. The first kappa shape index (κ1) is 14.0. The molecule has 1 aromatic carbocycles. The number of hydrogen-bond donors (Lipinski definition) is 0. The van der Waals surface area contributed by atoms with Crippen molar-refractivity contribution in [3.05, 3.63) is 23.8 Å². The molecular formula is C14H18ClNO3. The predicted octanol–water partition coefficient (Wildman–Crippen LogP) is 2.29. The summed E-state index contributed by atoms with van der Waals surface area (Å²) in [5, 5.41) is 0. The molecule has 19 heavy (non-hydrogen) atoms. The number of likely N-dealkylation sites (tertiary alicyclic amines) is 1. The van der Waals surface area contributed by atoms with Crippen LogP contribution < -0.4 is 9.47 Å². The van der Waals surface area contributed by atoms with Gasteiger partial charge in [0.15, 0.2) is 0 Å². The summed E-state index contributed by atoms with van der Waals surface area (Å²) in [5.41, 5.74) is 0.899. The number of halogens is 1. The van der Waals surface area contributed by atoms with Gasteiger partial charge < -0.3 is 14.4 Å². The van der Waals surface area contributed by atoms with Crippen molar-refractivity contribution < 1.29 is 14.3 Å². The maximum atomic E-state index is 11.9. The number of amides is 1. The summed E-state index contributed by atoms with van der Waals surface area (Å²) in [6.07, 6.45) is 0.529. The van der Waals surface area contributed by atoms with E-state index >= 15 is 0 Å². The van der Waals surface area contributed by atoms with Gasteiger partial charge in [-0.05, 0) is 18.1 Å². The van der Waals surface area contributed by atoms with E-state index in [-0.39, 0.29) is 11.8 Å². The highest BCUT2D eigenvalue weighted by atomic mass is 35.5. The predicted molar refractivity (Wildman–Crippen MR) is 73.8 cm³/mol. The van der Waals surface area contributed by atoms with Crippen molar-refractivity contribution >= 4 is 17.5 Å². The van der Waals surface area contributed by atoms with Crippen LogP contribution in [0.25, 0.3) is 0 Å². The number of nitrogens with zero attached hydrogens (tertiary/aromatic N) is 1. The summed E-state index contributed by atoms with van der Waals surface area (Å²) in [7, 11) is 3.23. The van der Waals surface area contributed by atoms with Crippen LogP contribution in [0.5, 0.6) is 11.5 Å². The second-order valence-electron chi connectivity index (χ2n) is 4.64. The molecule has 1 fully saturated rings. The van der Waals surface area contributed by atoms with Crippen molar-refractivity contribution in [3.63, 3.8) is 0 Å². The van der Waals surface area contributed by atoms with Gasteiger partial charge in [0.25, 0.3) is 0 Å². The molecule has 0 saturated carbocycles. The van der Waals surface area contributed by atoms with Gasteiger partial charge in [0.1, 0.15) is 11.5 Å². The molecule has 4 nitrogen and oxygen atoms in total. The molecular weight excluding hydrogens is 266 g/mol. The maximum Gasteiger partial charge on any atom is 0.223 e. The number of ether oxygens (including phenoxy) is 2. The average molecular weight is 284 g/mol. The smallest absolute Gasteiger partial charge is 0.223 e. The Balaban J connectivity index is 2.21. The lowest BCUT2D eigenvalue weighted by atomic mass is 10.1. The second kappa shape index (κ2) is 6.15. The Morgan fingerprint density at radius 3 is 2.42 bits per heavy atom. The van der Waals surface area contributed by atoms with Gasteiger partial charge in [0, 0.05) is 18.8 Å². The molecule has 104 valence electrons. The first-order chi connectivity index (χ1) is 9.19. The van der Waals surface area contributed by atoms with Crippen molar-refractivity contribution in [1.29, 1.82) is 0 Å². The molecule has 1 aliphatic rings. The van der Waals surface area contributed by atoms with E-state index in [2.05, 4.69) is 0 Å². The van der Waals surface area contributed by atoms with Crippen molar-refractivity contribution in [2.24, 2.45) is 5.92 Å². The number of methoxy groups -OCH3 is 2. The Kier molecular flexibility index (Phi) is 4.53. The molecule has 1 aliphatic heterocycles. The van der Waals surface area contributed by atoms with Gasteiger partial charge in [-0.2, -0.15) is 0 Å². The van der Waals surface area contributed by atoms with E-state index in [1.54, 1.807) is 14.2 Å². The fraction of sp³-hybridized carbons (Fsp3) is 0.500. The number of hydrogen-bond acceptors (Lipinski definition) is 3. The van der Waals surface area contributed by atoms with Crippen LogP contribution in [0.4, 0.5) is 0 Å². The van der Waals surface area contributed by atoms with Crippen LogP contribution in [0.1, 0.15) is 12.0 Å².